The van der Waals surface area contributed by atoms with E-state index in [1.165, 1.54) is 18.1 Å². The Labute approximate surface area is 72.9 Å². The molecule has 0 aromatic carbocycles. The van der Waals surface area contributed by atoms with E-state index >= 15 is 0 Å². The lowest BCUT2D eigenvalue weighted by atomic mass is 11.0. The maximum atomic E-state index is 10.5. The molecule has 0 amide bonds. The third kappa shape index (κ3) is 2.20. The van der Waals surface area contributed by atoms with Crippen molar-refractivity contribution in [2.75, 3.05) is 5.75 Å². The molecule has 0 spiro atoms. The molecule has 0 saturated carbocycles. The molecule has 1 aromatic heterocycles. The minimum absolute atomic E-state index is 0.571. The Morgan fingerprint density at radius 2 is 2.64 bits per heavy atom. The first kappa shape index (κ1) is 8.55. The van der Waals surface area contributed by atoms with Crippen molar-refractivity contribution in [2.45, 2.75) is 12.1 Å². The van der Waals surface area contributed by atoms with Gasteiger partial charge in [0.25, 0.3) is 0 Å². The van der Waals surface area contributed by atoms with E-state index in [9.17, 15) is 4.79 Å². The molecule has 0 unspecified atom stereocenters. The zero-order valence-corrected chi connectivity index (χ0v) is 7.39. The number of aromatic nitrogens is 3. The maximum absolute atomic E-state index is 10.5. The first-order valence-corrected chi connectivity index (χ1v) is 4.34. The van der Waals surface area contributed by atoms with Crippen LogP contribution in [-0.4, -0.2) is 25.9 Å². The highest BCUT2D eigenvalue weighted by Gasteiger charge is 2.03. The highest BCUT2D eigenvalue weighted by atomic mass is 35.5. The van der Waals surface area contributed by atoms with E-state index in [4.69, 9.17) is 11.6 Å². The first-order chi connectivity index (χ1) is 5.24. The van der Waals surface area contributed by atoms with Crippen LogP contribution in [0.15, 0.2) is 11.5 Å². The molecule has 0 aliphatic carbocycles. The lowest BCUT2D eigenvalue weighted by molar-refractivity contribution is 0.258. The molecule has 0 aliphatic rings. The molecule has 1 rings (SSSR count). The minimum atomic E-state index is -0.638. The molecule has 0 bridgehead atoms. The second-order valence-corrected chi connectivity index (χ2v) is 3.21. The van der Waals surface area contributed by atoms with Crippen LogP contribution in [0.2, 0.25) is 0 Å². The van der Waals surface area contributed by atoms with Gasteiger partial charge >= 0.3 is 5.37 Å². The van der Waals surface area contributed by atoms with Crippen LogP contribution >= 0.6 is 23.4 Å². The van der Waals surface area contributed by atoms with Crippen LogP contribution in [0.4, 0.5) is 4.79 Å². The molecule has 1 aromatic rings. The van der Waals surface area contributed by atoms with Crippen molar-refractivity contribution in [3.05, 3.63) is 6.33 Å². The topological polar surface area (TPSA) is 47.8 Å². The van der Waals surface area contributed by atoms with Crippen molar-refractivity contribution < 1.29 is 4.79 Å². The smallest absolute Gasteiger partial charge is 0.253 e. The number of hydrogen-bond acceptors (Lipinski definition) is 4. The number of halogens is 1. The summed E-state index contributed by atoms with van der Waals surface area (Å²) in [6, 6.07) is 0. The quantitative estimate of drug-likeness (QED) is 0.526. The van der Waals surface area contributed by atoms with E-state index in [0.29, 0.717) is 5.16 Å². The van der Waals surface area contributed by atoms with Crippen molar-refractivity contribution in [1.29, 1.82) is 0 Å². The highest BCUT2D eigenvalue weighted by molar-refractivity contribution is 7.99. The van der Waals surface area contributed by atoms with Crippen molar-refractivity contribution in [1.82, 2.24) is 14.8 Å². The van der Waals surface area contributed by atoms with Crippen LogP contribution in [0.3, 0.4) is 0 Å². The van der Waals surface area contributed by atoms with Crippen LogP contribution in [-0.2, 0) is 0 Å². The van der Waals surface area contributed by atoms with Gasteiger partial charge in [0.1, 0.15) is 6.33 Å². The van der Waals surface area contributed by atoms with E-state index in [-0.39, 0.29) is 0 Å². The van der Waals surface area contributed by atoms with Crippen molar-refractivity contribution in [2.24, 2.45) is 0 Å². The van der Waals surface area contributed by atoms with Crippen LogP contribution in [0.5, 0.6) is 0 Å². The Morgan fingerprint density at radius 1 is 1.91 bits per heavy atom. The average molecular weight is 192 g/mol. The molecule has 0 radical (unpaired) electrons. The predicted molar refractivity (Wildman–Crippen MR) is 43.1 cm³/mol. The van der Waals surface area contributed by atoms with Crippen LogP contribution in [0, 0.1) is 0 Å². The van der Waals surface area contributed by atoms with Gasteiger partial charge < -0.3 is 0 Å². The number of hydrogen-bond donors (Lipinski definition) is 0. The molecule has 0 N–H and O–H groups in total. The standard InChI is InChI=1S/C5H6ClN3OS/c1-2-11-5-7-3-9(8-5)4(6)10/h3H,2H2,1H3. The zero-order valence-electron chi connectivity index (χ0n) is 5.82. The highest BCUT2D eigenvalue weighted by Crippen LogP contribution is 2.10. The van der Waals surface area contributed by atoms with Gasteiger partial charge in [-0.2, -0.15) is 4.68 Å². The Kier molecular flexibility index (Phi) is 2.90. The lowest BCUT2D eigenvalue weighted by Gasteiger charge is -1.87. The summed E-state index contributed by atoms with van der Waals surface area (Å²) in [5.41, 5.74) is 0. The summed E-state index contributed by atoms with van der Waals surface area (Å²) in [5.74, 6) is 0.875. The fourth-order valence-electron chi connectivity index (χ4n) is 0.528. The Bertz CT molecular complexity index is 262. The molecule has 1 heterocycles. The summed E-state index contributed by atoms with van der Waals surface area (Å²) in [4.78, 5) is 14.3. The van der Waals surface area contributed by atoms with Crippen LogP contribution < -0.4 is 0 Å². The largest absolute Gasteiger partial charge is 0.342 e. The van der Waals surface area contributed by atoms with Gasteiger partial charge in [-0.3, -0.25) is 4.79 Å². The zero-order chi connectivity index (χ0) is 8.27. The van der Waals surface area contributed by atoms with Crippen LogP contribution in [0.25, 0.3) is 0 Å². The van der Waals surface area contributed by atoms with Gasteiger partial charge in [-0.15, -0.1) is 5.10 Å². The fraction of sp³-hybridized carbons (Fsp3) is 0.400. The van der Waals surface area contributed by atoms with E-state index in [1.807, 2.05) is 6.92 Å². The second kappa shape index (κ2) is 3.73. The van der Waals surface area contributed by atoms with Crippen LogP contribution in [0.1, 0.15) is 6.92 Å². The fourth-order valence-corrected chi connectivity index (χ4v) is 1.13. The third-order valence-corrected chi connectivity index (χ3v) is 1.83. The van der Waals surface area contributed by atoms with Gasteiger partial charge in [-0.1, -0.05) is 18.7 Å². The van der Waals surface area contributed by atoms with Gasteiger partial charge in [0, 0.05) is 0 Å². The van der Waals surface area contributed by atoms with E-state index in [1.54, 1.807) is 0 Å². The molecule has 0 saturated heterocycles. The number of nitrogens with zero attached hydrogens (tertiary/aromatic N) is 3. The molecule has 0 aliphatic heterocycles. The second-order valence-electron chi connectivity index (χ2n) is 1.66. The molecule has 4 nitrogen and oxygen atoms in total. The number of thioether (sulfide) groups is 1. The van der Waals surface area contributed by atoms with Gasteiger partial charge in [0.2, 0.25) is 5.16 Å². The maximum Gasteiger partial charge on any atom is 0.342 e. The summed E-state index contributed by atoms with van der Waals surface area (Å²) >= 11 is 6.59. The third-order valence-electron chi connectivity index (χ3n) is 0.924. The molecular formula is C5H6ClN3OS. The summed E-state index contributed by atoms with van der Waals surface area (Å²) in [6.07, 6.45) is 1.30. The van der Waals surface area contributed by atoms with Crippen molar-refractivity contribution in [3.63, 3.8) is 0 Å². The van der Waals surface area contributed by atoms with Crippen molar-refractivity contribution in [3.8, 4) is 0 Å². The molecule has 0 atom stereocenters. The molecular weight excluding hydrogens is 186 g/mol. The average Bonchev–Trinajstić information content (AvgIpc) is 2.37. The summed E-state index contributed by atoms with van der Waals surface area (Å²) in [7, 11) is 0. The predicted octanol–water partition coefficient (Wildman–Crippen LogP) is 1.60. The number of carbonyl (C=O) groups excluding carboxylic acids is 1. The first-order valence-electron chi connectivity index (χ1n) is 2.98. The van der Waals surface area contributed by atoms with E-state index in [2.05, 4.69) is 10.1 Å². The normalized spacial score (nSPS) is 10.0. The summed E-state index contributed by atoms with van der Waals surface area (Å²) in [6.45, 7) is 1.98. The number of carbonyl (C=O) groups is 1. The Balaban J connectivity index is 2.73. The van der Waals surface area contributed by atoms with Gasteiger partial charge in [0.15, 0.2) is 0 Å². The lowest BCUT2D eigenvalue weighted by Crippen LogP contribution is -2.01. The molecule has 60 valence electrons. The Morgan fingerprint density at radius 3 is 3.09 bits per heavy atom. The van der Waals surface area contributed by atoms with E-state index < -0.39 is 5.37 Å². The molecule has 11 heavy (non-hydrogen) atoms. The summed E-state index contributed by atoms with van der Waals surface area (Å²) in [5, 5.41) is 3.72. The molecule has 6 heteroatoms. The monoisotopic (exact) mass is 191 g/mol. The van der Waals surface area contributed by atoms with Gasteiger partial charge in [-0.05, 0) is 17.4 Å². The molecule has 0 fully saturated rings. The minimum Gasteiger partial charge on any atom is -0.253 e. The SMILES string of the molecule is CCSc1ncn(C(=O)Cl)n1. The van der Waals surface area contributed by atoms with Gasteiger partial charge in [0.05, 0.1) is 0 Å². The number of rotatable bonds is 2. The summed E-state index contributed by atoms with van der Waals surface area (Å²) < 4.78 is 1.000. The Hall–Kier alpha value is -0.550. The van der Waals surface area contributed by atoms with Gasteiger partial charge in [-0.25, -0.2) is 4.98 Å². The van der Waals surface area contributed by atoms with Crippen molar-refractivity contribution >= 4 is 28.7 Å². The van der Waals surface area contributed by atoms with E-state index in [0.717, 1.165) is 10.4 Å².